The lowest BCUT2D eigenvalue weighted by atomic mass is 10.1. The predicted octanol–water partition coefficient (Wildman–Crippen LogP) is 2.87. The monoisotopic (exact) mass is 362 g/mol. The van der Waals surface area contributed by atoms with Crippen molar-refractivity contribution in [1.29, 1.82) is 0 Å². The van der Waals surface area contributed by atoms with Gasteiger partial charge in [0.15, 0.2) is 0 Å². The van der Waals surface area contributed by atoms with Crippen molar-refractivity contribution in [1.82, 2.24) is 9.97 Å². The minimum Gasteiger partial charge on any atom is -0.463 e. The fourth-order valence-corrected chi connectivity index (χ4v) is 3.52. The molecule has 1 aromatic heterocycles. The van der Waals surface area contributed by atoms with E-state index in [1.807, 2.05) is 0 Å². The topological polar surface area (TPSA) is 90.6 Å². The molecule has 1 amide bonds. The number of amides is 1. The molecule has 0 saturated carbocycles. The molecule has 2 N–H and O–H groups in total. The number of hydrogen-bond acceptors (Lipinski definition) is 6. The zero-order chi connectivity index (χ0) is 18.4. The van der Waals surface area contributed by atoms with E-state index in [4.69, 9.17) is 15.2 Å². The second-order valence-electron chi connectivity index (χ2n) is 7.10. The van der Waals surface area contributed by atoms with Crippen molar-refractivity contribution < 1.29 is 14.3 Å². The standard InChI is InChI=1S/C19H30N4O3/c1-2-3-11-26-19-21-17(20)15-13-16(24)23(18(15)22-19)10-6-4-5-8-14-9-7-12-25-14/h14H,2-13H2,1H3,(H2,20,21,22). The van der Waals surface area contributed by atoms with Crippen molar-refractivity contribution in [2.45, 2.75) is 70.8 Å². The Balaban J connectivity index is 1.52. The molecule has 0 aromatic carbocycles. The Morgan fingerprint density at radius 3 is 2.92 bits per heavy atom. The molecule has 1 aromatic rings. The second-order valence-corrected chi connectivity index (χ2v) is 7.10. The Labute approximate surface area is 155 Å². The Kier molecular flexibility index (Phi) is 6.66. The molecule has 0 bridgehead atoms. The zero-order valence-corrected chi connectivity index (χ0v) is 15.7. The Hall–Kier alpha value is -1.89. The normalized spacial score (nSPS) is 19.2. The van der Waals surface area contributed by atoms with Crippen LogP contribution in [0.3, 0.4) is 0 Å². The number of carbonyl (C=O) groups is 1. The smallest absolute Gasteiger partial charge is 0.320 e. The summed E-state index contributed by atoms with van der Waals surface area (Å²) < 4.78 is 11.2. The zero-order valence-electron chi connectivity index (χ0n) is 15.7. The van der Waals surface area contributed by atoms with Gasteiger partial charge in [-0.15, -0.1) is 0 Å². The molecule has 26 heavy (non-hydrogen) atoms. The first-order valence-electron chi connectivity index (χ1n) is 9.90. The summed E-state index contributed by atoms with van der Waals surface area (Å²) in [5.41, 5.74) is 6.76. The fourth-order valence-electron chi connectivity index (χ4n) is 3.52. The number of unbranched alkanes of at least 4 members (excludes halogenated alkanes) is 3. The molecule has 0 aliphatic carbocycles. The first-order chi connectivity index (χ1) is 12.7. The maximum atomic E-state index is 12.4. The lowest BCUT2D eigenvalue weighted by Crippen LogP contribution is -2.28. The summed E-state index contributed by atoms with van der Waals surface area (Å²) in [5.74, 6) is 1.04. The maximum absolute atomic E-state index is 12.4. The van der Waals surface area contributed by atoms with Crippen LogP contribution in [-0.4, -0.2) is 41.7 Å². The largest absolute Gasteiger partial charge is 0.463 e. The third-order valence-electron chi connectivity index (χ3n) is 5.04. The van der Waals surface area contributed by atoms with Crippen LogP contribution in [0.4, 0.5) is 11.6 Å². The highest BCUT2D eigenvalue weighted by Crippen LogP contribution is 2.32. The summed E-state index contributed by atoms with van der Waals surface area (Å²) >= 11 is 0. The van der Waals surface area contributed by atoms with Crippen LogP contribution in [0.15, 0.2) is 0 Å². The number of carbonyl (C=O) groups excluding carboxylic acids is 1. The van der Waals surface area contributed by atoms with Crippen LogP contribution in [0.5, 0.6) is 6.01 Å². The van der Waals surface area contributed by atoms with Gasteiger partial charge >= 0.3 is 6.01 Å². The van der Waals surface area contributed by atoms with E-state index in [9.17, 15) is 4.79 Å². The van der Waals surface area contributed by atoms with Gasteiger partial charge in [0.25, 0.3) is 0 Å². The first kappa shape index (κ1) is 18.9. The van der Waals surface area contributed by atoms with Crippen LogP contribution >= 0.6 is 0 Å². The van der Waals surface area contributed by atoms with Crippen LogP contribution < -0.4 is 15.4 Å². The van der Waals surface area contributed by atoms with E-state index in [1.54, 1.807) is 4.90 Å². The highest BCUT2D eigenvalue weighted by atomic mass is 16.5. The number of rotatable bonds is 10. The van der Waals surface area contributed by atoms with E-state index in [0.717, 1.165) is 50.7 Å². The van der Waals surface area contributed by atoms with Gasteiger partial charge in [0.1, 0.15) is 11.6 Å². The summed E-state index contributed by atoms with van der Waals surface area (Å²) in [5, 5.41) is 0. The highest BCUT2D eigenvalue weighted by Gasteiger charge is 2.31. The van der Waals surface area contributed by atoms with Crippen molar-refractivity contribution in [3.63, 3.8) is 0 Å². The Morgan fingerprint density at radius 2 is 2.15 bits per heavy atom. The Bertz CT molecular complexity index is 617. The molecular formula is C19H30N4O3. The summed E-state index contributed by atoms with van der Waals surface area (Å²) in [6.07, 6.45) is 9.37. The van der Waals surface area contributed by atoms with E-state index in [0.29, 0.717) is 30.9 Å². The molecule has 7 heteroatoms. The van der Waals surface area contributed by atoms with Crippen molar-refractivity contribution in [2.24, 2.45) is 0 Å². The Morgan fingerprint density at radius 1 is 1.27 bits per heavy atom. The number of fused-ring (bicyclic) bond motifs is 1. The quantitative estimate of drug-likeness (QED) is 0.644. The molecular weight excluding hydrogens is 332 g/mol. The number of hydrogen-bond donors (Lipinski definition) is 1. The molecule has 144 valence electrons. The third-order valence-corrected chi connectivity index (χ3v) is 5.04. The molecule has 1 fully saturated rings. The molecule has 7 nitrogen and oxygen atoms in total. The van der Waals surface area contributed by atoms with Crippen molar-refractivity contribution in [3.8, 4) is 6.01 Å². The maximum Gasteiger partial charge on any atom is 0.320 e. The van der Waals surface area contributed by atoms with Gasteiger partial charge in [-0.1, -0.05) is 26.2 Å². The van der Waals surface area contributed by atoms with Crippen LogP contribution in [0.25, 0.3) is 0 Å². The number of nitrogens with zero attached hydrogens (tertiary/aromatic N) is 3. The molecule has 3 rings (SSSR count). The number of aromatic nitrogens is 2. The van der Waals surface area contributed by atoms with Crippen LogP contribution in [0, 0.1) is 0 Å². The lowest BCUT2D eigenvalue weighted by Gasteiger charge is -2.17. The van der Waals surface area contributed by atoms with Gasteiger partial charge < -0.3 is 15.2 Å². The van der Waals surface area contributed by atoms with Crippen molar-refractivity contribution in [3.05, 3.63) is 5.56 Å². The van der Waals surface area contributed by atoms with E-state index >= 15 is 0 Å². The van der Waals surface area contributed by atoms with Gasteiger partial charge in [-0.3, -0.25) is 9.69 Å². The molecule has 0 radical (unpaired) electrons. The first-order valence-corrected chi connectivity index (χ1v) is 9.90. The molecule has 1 saturated heterocycles. The van der Waals surface area contributed by atoms with E-state index in [2.05, 4.69) is 16.9 Å². The minimum atomic E-state index is 0.0471. The summed E-state index contributed by atoms with van der Waals surface area (Å²) in [6, 6.07) is 0.271. The summed E-state index contributed by atoms with van der Waals surface area (Å²) in [4.78, 5) is 22.8. The van der Waals surface area contributed by atoms with Crippen LogP contribution in [0.1, 0.15) is 63.9 Å². The third kappa shape index (κ3) is 4.63. The number of nitrogens with two attached hydrogens (primary N) is 1. The van der Waals surface area contributed by atoms with Gasteiger partial charge in [0.05, 0.1) is 19.1 Å². The number of nitrogen functional groups attached to an aromatic ring is 1. The predicted molar refractivity (Wildman–Crippen MR) is 100 cm³/mol. The van der Waals surface area contributed by atoms with E-state index < -0.39 is 0 Å². The molecule has 0 spiro atoms. The highest BCUT2D eigenvalue weighted by molar-refractivity contribution is 6.01. The van der Waals surface area contributed by atoms with Gasteiger partial charge in [-0.2, -0.15) is 9.97 Å². The fraction of sp³-hybridized carbons (Fsp3) is 0.737. The van der Waals surface area contributed by atoms with E-state index in [1.165, 1.54) is 12.8 Å². The van der Waals surface area contributed by atoms with Crippen LogP contribution in [-0.2, 0) is 16.0 Å². The molecule has 1 atom stereocenters. The number of anilines is 2. The van der Waals surface area contributed by atoms with E-state index in [-0.39, 0.29) is 18.3 Å². The molecule has 2 aliphatic rings. The lowest BCUT2D eigenvalue weighted by molar-refractivity contribution is -0.117. The minimum absolute atomic E-state index is 0.0471. The van der Waals surface area contributed by atoms with Crippen molar-refractivity contribution >= 4 is 17.5 Å². The average molecular weight is 362 g/mol. The van der Waals surface area contributed by atoms with Gasteiger partial charge in [-0.25, -0.2) is 0 Å². The van der Waals surface area contributed by atoms with Crippen LogP contribution in [0.2, 0.25) is 0 Å². The summed E-state index contributed by atoms with van der Waals surface area (Å²) in [6.45, 7) is 4.24. The van der Waals surface area contributed by atoms with Gasteiger partial charge in [-0.05, 0) is 32.1 Å². The van der Waals surface area contributed by atoms with Gasteiger partial charge in [0, 0.05) is 18.7 Å². The number of ether oxygens (including phenoxy) is 2. The summed E-state index contributed by atoms with van der Waals surface area (Å²) in [7, 11) is 0. The molecule has 2 aliphatic heterocycles. The van der Waals surface area contributed by atoms with Crippen molar-refractivity contribution in [2.75, 3.05) is 30.4 Å². The van der Waals surface area contributed by atoms with Gasteiger partial charge in [0.2, 0.25) is 5.91 Å². The second kappa shape index (κ2) is 9.16. The SMILES string of the molecule is CCCCOc1nc(N)c2c(n1)N(CCCCCC1CCCO1)C(=O)C2. The molecule has 1 unspecified atom stereocenters. The molecule has 3 heterocycles. The average Bonchev–Trinajstić information content (AvgIpc) is 3.24.